The average molecular weight is 425 g/mol. The Hall–Kier alpha value is -1.34. The van der Waals surface area contributed by atoms with Crippen LogP contribution in [0.5, 0.6) is 0 Å². The minimum Gasteiger partial charge on any atom is -0.481 e. The number of rotatable bonds is 8. The normalized spacial score (nSPS) is 12.8. The van der Waals surface area contributed by atoms with E-state index >= 15 is 0 Å². The molecule has 4 nitrogen and oxygen atoms in total. The Morgan fingerprint density at radius 3 is 2.36 bits per heavy atom. The summed E-state index contributed by atoms with van der Waals surface area (Å²) in [7, 11) is 3.15. The lowest BCUT2D eigenvalue weighted by Gasteiger charge is -2.34. The van der Waals surface area contributed by atoms with Gasteiger partial charge in [0.25, 0.3) is 0 Å². The first-order valence-electron chi connectivity index (χ1n) is 7.75. The maximum Gasteiger partial charge on any atom is 0.307 e. The van der Waals surface area contributed by atoms with E-state index in [4.69, 9.17) is 9.47 Å². The number of carboxylic acids is 1. The molecule has 2 rings (SSSR count). The number of carbonyl (C=O) groups is 1. The molecular weight excluding hydrogens is 404 g/mol. The average Bonchev–Trinajstić information content (AvgIpc) is 2.59. The summed E-state index contributed by atoms with van der Waals surface area (Å²) in [6, 6.07) is 15.6. The number of hydrogen-bond acceptors (Lipinski definition) is 4. The molecule has 2 aromatic rings. The summed E-state index contributed by atoms with van der Waals surface area (Å²) in [4.78, 5) is 13.2. The molecule has 6 heteroatoms. The van der Waals surface area contributed by atoms with E-state index in [0.717, 1.165) is 20.9 Å². The lowest BCUT2D eigenvalue weighted by atomic mass is 9.99. The molecule has 0 fully saturated rings. The first kappa shape index (κ1) is 20.0. The Balaban J connectivity index is 2.47. The SMILES string of the molecule is COC(OC)(c1ccc(Sc2ccccc2)c(CC(=O)O)c1)C(C)Br. The van der Waals surface area contributed by atoms with Gasteiger partial charge in [0.15, 0.2) is 0 Å². The summed E-state index contributed by atoms with van der Waals surface area (Å²) in [6.07, 6.45) is -0.0663. The number of halogens is 1. The topological polar surface area (TPSA) is 55.8 Å². The van der Waals surface area contributed by atoms with Crippen LogP contribution >= 0.6 is 27.7 Å². The van der Waals surface area contributed by atoms with Crippen LogP contribution in [0.4, 0.5) is 0 Å². The Kier molecular flexibility index (Phi) is 7.07. The number of ether oxygens (including phenoxy) is 2. The molecule has 0 saturated heterocycles. The molecule has 0 aromatic heterocycles. The third-order valence-electron chi connectivity index (χ3n) is 3.91. The highest BCUT2D eigenvalue weighted by Crippen LogP contribution is 2.38. The molecule has 0 saturated carbocycles. The van der Waals surface area contributed by atoms with Crippen molar-refractivity contribution in [3.05, 3.63) is 59.7 Å². The predicted octanol–water partition coefficient (Wildman–Crippen LogP) is 4.69. The quantitative estimate of drug-likeness (QED) is 0.491. The molecule has 0 aliphatic heterocycles. The van der Waals surface area contributed by atoms with Crippen molar-refractivity contribution in [2.24, 2.45) is 0 Å². The molecule has 1 unspecified atom stereocenters. The molecule has 0 bridgehead atoms. The van der Waals surface area contributed by atoms with Crippen molar-refractivity contribution < 1.29 is 19.4 Å². The maximum absolute atomic E-state index is 11.3. The number of hydrogen-bond donors (Lipinski definition) is 1. The highest BCUT2D eigenvalue weighted by atomic mass is 79.9. The highest BCUT2D eigenvalue weighted by molar-refractivity contribution is 9.09. The van der Waals surface area contributed by atoms with Crippen LogP contribution in [0.3, 0.4) is 0 Å². The summed E-state index contributed by atoms with van der Waals surface area (Å²) in [5.74, 6) is -1.86. The van der Waals surface area contributed by atoms with Gasteiger partial charge in [0.2, 0.25) is 5.79 Å². The van der Waals surface area contributed by atoms with Gasteiger partial charge in [0.1, 0.15) is 0 Å². The van der Waals surface area contributed by atoms with Gasteiger partial charge in [0.05, 0.1) is 11.2 Å². The van der Waals surface area contributed by atoms with Gasteiger partial charge in [0, 0.05) is 29.6 Å². The van der Waals surface area contributed by atoms with Gasteiger partial charge in [-0.25, -0.2) is 0 Å². The van der Waals surface area contributed by atoms with Crippen LogP contribution in [0.1, 0.15) is 18.1 Å². The molecule has 1 N–H and O–H groups in total. The fourth-order valence-electron chi connectivity index (χ4n) is 2.69. The van der Waals surface area contributed by atoms with Crippen LogP contribution in [-0.4, -0.2) is 30.1 Å². The summed E-state index contributed by atoms with van der Waals surface area (Å²) in [6.45, 7) is 1.93. The fraction of sp³-hybridized carbons (Fsp3) is 0.316. The Morgan fingerprint density at radius 1 is 1.20 bits per heavy atom. The second kappa shape index (κ2) is 8.85. The number of carboxylic acid groups (broad SMARTS) is 1. The van der Waals surface area contributed by atoms with Crippen molar-refractivity contribution in [1.82, 2.24) is 0 Å². The van der Waals surface area contributed by atoms with Crippen molar-refractivity contribution >= 4 is 33.7 Å². The van der Waals surface area contributed by atoms with Gasteiger partial charge in [-0.2, -0.15) is 0 Å². The minimum absolute atomic E-state index is 0.0663. The Morgan fingerprint density at radius 2 is 1.84 bits per heavy atom. The van der Waals surface area contributed by atoms with E-state index in [-0.39, 0.29) is 11.2 Å². The van der Waals surface area contributed by atoms with E-state index in [0.29, 0.717) is 0 Å². The van der Waals surface area contributed by atoms with Crippen LogP contribution in [0.25, 0.3) is 0 Å². The number of alkyl halides is 1. The van der Waals surface area contributed by atoms with Crippen LogP contribution in [0, 0.1) is 0 Å². The van der Waals surface area contributed by atoms with E-state index in [1.54, 1.807) is 26.0 Å². The van der Waals surface area contributed by atoms with Crippen molar-refractivity contribution in [2.45, 2.75) is 33.7 Å². The molecule has 134 valence electrons. The number of aliphatic carboxylic acids is 1. The molecular formula is C19H21BrO4S. The fourth-order valence-corrected chi connectivity index (χ4v) is 4.27. The standard InChI is InChI=1S/C19H21BrO4S/c1-13(20)19(23-2,24-3)15-9-10-17(14(11-15)12-18(21)22)25-16-7-5-4-6-8-16/h4-11,13H,12H2,1-3H3,(H,21,22). The van der Waals surface area contributed by atoms with Gasteiger partial charge in [-0.3, -0.25) is 4.79 Å². The molecule has 0 heterocycles. The zero-order chi connectivity index (χ0) is 18.4. The summed E-state index contributed by atoms with van der Waals surface area (Å²) < 4.78 is 11.3. The van der Waals surface area contributed by atoms with Crippen LogP contribution in [0.15, 0.2) is 58.3 Å². The summed E-state index contributed by atoms with van der Waals surface area (Å²) in [5, 5.41) is 9.29. The first-order chi connectivity index (χ1) is 11.9. The Bertz CT molecular complexity index is 715. The molecule has 1 atom stereocenters. The monoisotopic (exact) mass is 424 g/mol. The van der Waals surface area contributed by atoms with E-state index in [2.05, 4.69) is 15.9 Å². The second-order valence-corrected chi connectivity index (χ2v) is 7.99. The zero-order valence-electron chi connectivity index (χ0n) is 14.4. The lowest BCUT2D eigenvalue weighted by molar-refractivity contribution is -0.212. The predicted molar refractivity (Wildman–Crippen MR) is 102 cm³/mol. The van der Waals surface area contributed by atoms with E-state index in [1.165, 1.54) is 0 Å². The van der Waals surface area contributed by atoms with Gasteiger partial charge in [-0.1, -0.05) is 52.0 Å². The second-order valence-electron chi connectivity index (χ2n) is 5.50. The Labute approximate surface area is 160 Å². The number of benzene rings is 2. The molecule has 2 aromatic carbocycles. The van der Waals surface area contributed by atoms with E-state index in [9.17, 15) is 9.90 Å². The van der Waals surface area contributed by atoms with Gasteiger partial charge in [-0.15, -0.1) is 0 Å². The molecule has 25 heavy (non-hydrogen) atoms. The van der Waals surface area contributed by atoms with Crippen molar-refractivity contribution in [1.29, 1.82) is 0 Å². The van der Waals surface area contributed by atoms with Crippen molar-refractivity contribution in [3.8, 4) is 0 Å². The number of methoxy groups -OCH3 is 2. The van der Waals surface area contributed by atoms with Crippen LogP contribution in [0.2, 0.25) is 0 Å². The molecule has 0 spiro atoms. The molecule has 0 aliphatic carbocycles. The largest absolute Gasteiger partial charge is 0.481 e. The first-order valence-corrected chi connectivity index (χ1v) is 9.48. The maximum atomic E-state index is 11.3. The zero-order valence-corrected chi connectivity index (χ0v) is 16.8. The smallest absolute Gasteiger partial charge is 0.307 e. The van der Waals surface area contributed by atoms with E-state index < -0.39 is 11.8 Å². The third kappa shape index (κ3) is 4.64. The third-order valence-corrected chi connectivity index (χ3v) is 5.63. The van der Waals surface area contributed by atoms with Crippen molar-refractivity contribution in [3.63, 3.8) is 0 Å². The summed E-state index contributed by atoms with van der Waals surface area (Å²) in [5.41, 5.74) is 1.50. The molecule has 0 aliphatic rings. The van der Waals surface area contributed by atoms with Crippen LogP contribution in [-0.2, 0) is 26.5 Å². The minimum atomic E-state index is -0.983. The molecule has 0 radical (unpaired) electrons. The van der Waals surface area contributed by atoms with Crippen LogP contribution < -0.4 is 0 Å². The van der Waals surface area contributed by atoms with Gasteiger partial charge < -0.3 is 14.6 Å². The lowest BCUT2D eigenvalue weighted by Crippen LogP contribution is -2.38. The highest BCUT2D eigenvalue weighted by Gasteiger charge is 2.37. The molecule has 0 amide bonds. The van der Waals surface area contributed by atoms with Gasteiger partial charge in [-0.05, 0) is 36.8 Å². The van der Waals surface area contributed by atoms with Gasteiger partial charge >= 0.3 is 5.97 Å². The van der Waals surface area contributed by atoms with Crippen molar-refractivity contribution in [2.75, 3.05) is 14.2 Å². The van der Waals surface area contributed by atoms with E-state index in [1.807, 2.05) is 55.5 Å². The summed E-state index contributed by atoms with van der Waals surface area (Å²) >= 11 is 5.07.